The summed E-state index contributed by atoms with van der Waals surface area (Å²) < 4.78 is 11.2. The average molecular weight is 594 g/mol. The third kappa shape index (κ3) is 3.65. The van der Waals surface area contributed by atoms with E-state index < -0.39 is 0 Å². The number of hydrogen-bond donors (Lipinski definition) is 0. The molecule has 0 unspecified atom stereocenters. The molecule has 5 heteroatoms. The molecule has 0 bridgehead atoms. The maximum atomic E-state index is 6.25. The number of nitrogens with zero attached hydrogens (tertiary/aromatic N) is 3. The molecule has 6 aromatic carbocycles. The van der Waals surface area contributed by atoms with Crippen LogP contribution >= 0.6 is 11.3 Å². The minimum Gasteiger partial charge on any atom is -0.456 e. The first-order chi connectivity index (χ1) is 22.3. The van der Waals surface area contributed by atoms with Crippen molar-refractivity contribution in [1.29, 1.82) is 0 Å². The van der Waals surface area contributed by atoms with Crippen LogP contribution in [0.4, 0.5) is 0 Å². The lowest BCUT2D eigenvalue weighted by Gasteiger charge is -2.12. The molecule has 4 aromatic heterocycles. The summed E-state index contributed by atoms with van der Waals surface area (Å²) in [5, 5.41) is 7.26. The smallest absolute Gasteiger partial charge is 0.162 e. The molecule has 0 aliphatic carbocycles. The van der Waals surface area contributed by atoms with Gasteiger partial charge in [0.1, 0.15) is 17.0 Å². The lowest BCUT2D eigenvalue weighted by atomic mass is 10.1. The van der Waals surface area contributed by atoms with Crippen molar-refractivity contribution >= 4 is 75.3 Å². The van der Waals surface area contributed by atoms with Gasteiger partial charge in [0.25, 0.3) is 0 Å². The fourth-order valence-corrected chi connectivity index (χ4v) is 8.04. The number of para-hydroxylation sites is 2. The number of rotatable bonds is 3. The van der Waals surface area contributed by atoms with E-state index in [2.05, 4.69) is 120 Å². The first-order valence-corrected chi connectivity index (χ1v) is 15.8. The Bertz CT molecular complexity index is 2770. The molecule has 0 amide bonds. The zero-order chi connectivity index (χ0) is 29.5. The highest BCUT2D eigenvalue weighted by atomic mass is 32.1. The summed E-state index contributed by atoms with van der Waals surface area (Å²) in [7, 11) is 0. The van der Waals surface area contributed by atoms with Crippen LogP contribution in [-0.4, -0.2) is 14.5 Å². The van der Waals surface area contributed by atoms with Crippen molar-refractivity contribution < 1.29 is 4.42 Å². The number of thiophene rings is 1. The second-order valence-electron chi connectivity index (χ2n) is 11.4. The highest BCUT2D eigenvalue weighted by Gasteiger charge is 2.20. The van der Waals surface area contributed by atoms with Crippen LogP contribution in [-0.2, 0) is 0 Å². The predicted octanol–water partition coefficient (Wildman–Crippen LogP) is 11.2. The monoisotopic (exact) mass is 593 g/mol. The standard InChI is InChI=1S/C40H23N3OS/c1-2-10-24(11-3-1)31-23-37(42-40(41-31)25-18-19-27-26-12-5-8-16-34(26)44-35(27)22-25)43-32-15-7-4-14-30(32)38-33(43)21-20-29-28-13-6-9-17-36(28)45-39(29)38/h1-23H. The minimum absolute atomic E-state index is 0.655. The molecule has 4 heterocycles. The lowest BCUT2D eigenvalue weighted by molar-refractivity contribution is 0.669. The van der Waals surface area contributed by atoms with E-state index in [1.807, 2.05) is 35.6 Å². The predicted molar refractivity (Wildman–Crippen MR) is 187 cm³/mol. The first-order valence-electron chi connectivity index (χ1n) is 15.0. The second kappa shape index (κ2) is 9.36. The van der Waals surface area contributed by atoms with E-state index in [-0.39, 0.29) is 0 Å². The summed E-state index contributed by atoms with van der Waals surface area (Å²) in [6.07, 6.45) is 0. The Labute approximate surface area is 261 Å². The molecule has 210 valence electrons. The van der Waals surface area contributed by atoms with E-state index >= 15 is 0 Å². The lowest BCUT2D eigenvalue weighted by Crippen LogP contribution is -2.02. The number of fused-ring (bicyclic) bond motifs is 10. The van der Waals surface area contributed by atoms with E-state index in [1.165, 1.54) is 30.9 Å². The molecule has 10 rings (SSSR count). The van der Waals surface area contributed by atoms with Crippen LogP contribution in [0.15, 0.2) is 144 Å². The Kier molecular flexibility index (Phi) is 5.12. The van der Waals surface area contributed by atoms with Gasteiger partial charge in [0, 0.05) is 58.9 Å². The SMILES string of the molecule is c1ccc(-c2cc(-n3c4ccccc4c4c5sc6ccccc6c5ccc43)nc(-c3ccc4c(c3)oc3ccccc34)n2)cc1. The normalized spacial score (nSPS) is 12.0. The van der Waals surface area contributed by atoms with E-state index in [1.54, 1.807) is 0 Å². The van der Waals surface area contributed by atoms with Crippen LogP contribution in [0.2, 0.25) is 0 Å². The Morgan fingerprint density at radius 1 is 0.511 bits per heavy atom. The highest BCUT2D eigenvalue weighted by molar-refractivity contribution is 7.26. The summed E-state index contributed by atoms with van der Waals surface area (Å²) >= 11 is 1.86. The van der Waals surface area contributed by atoms with Crippen molar-refractivity contribution in [3.63, 3.8) is 0 Å². The van der Waals surface area contributed by atoms with Gasteiger partial charge in [-0.1, -0.05) is 97.1 Å². The van der Waals surface area contributed by atoms with Crippen LogP contribution in [0.5, 0.6) is 0 Å². The maximum Gasteiger partial charge on any atom is 0.162 e. The van der Waals surface area contributed by atoms with Crippen LogP contribution in [0, 0.1) is 0 Å². The largest absolute Gasteiger partial charge is 0.456 e. The van der Waals surface area contributed by atoms with Gasteiger partial charge in [-0.05, 0) is 36.4 Å². The van der Waals surface area contributed by atoms with E-state index in [4.69, 9.17) is 14.4 Å². The third-order valence-electron chi connectivity index (χ3n) is 8.83. The van der Waals surface area contributed by atoms with Crippen molar-refractivity contribution in [2.24, 2.45) is 0 Å². The van der Waals surface area contributed by atoms with Gasteiger partial charge in [-0.2, -0.15) is 0 Å². The van der Waals surface area contributed by atoms with Crippen molar-refractivity contribution in [2.45, 2.75) is 0 Å². The Balaban J connectivity index is 1.27. The first kappa shape index (κ1) is 24.6. The molecule has 0 aliphatic rings. The van der Waals surface area contributed by atoms with E-state index in [0.29, 0.717) is 5.82 Å². The molecule has 0 fully saturated rings. The molecule has 45 heavy (non-hydrogen) atoms. The number of furan rings is 1. The Morgan fingerprint density at radius 2 is 1.24 bits per heavy atom. The molecule has 0 saturated carbocycles. The van der Waals surface area contributed by atoms with Gasteiger partial charge < -0.3 is 4.42 Å². The van der Waals surface area contributed by atoms with Gasteiger partial charge in [0.05, 0.1) is 16.7 Å². The second-order valence-corrected chi connectivity index (χ2v) is 12.4. The van der Waals surface area contributed by atoms with Crippen molar-refractivity contribution in [1.82, 2.24) is 14.5 Å². The molecule has 0 saturated heterocycles. The van der Waals surface area contributed by atoms with Crippen molar-refractivity contribution in [3.05, 3.63) is 140 Å². The topological polar surface area (TPSA) is 43.9 Å². The molecular weight excluding hydrogens is 571 g/mol. The summed E-state index contributed by atoms with van der Waals surface area (Å²) in [4.78, 5) is 10.4. The Hall–Kier alpha value is -5.78. The summed E-state index contributed by atoms with van der Waals surface area (Å²) in [5.41, 5.74) is 6.78. The molecule has 0 N–H and O–H groups in total. The van der Waals surface area contributed by atoms with Gasteiger partial charge in [-0.3, -0.25) is 4.57 Å². The summed E-state index contributed by atoms with van der Waals surface area (Å²) in [5.74, 6) is 1.48. The third-order valence-corrected chi connectivity index (χ3v) is 10.0. The average Bonchev–Trinajstić information content (AvgIpc) is 3.77. The van der Waals surface area contributed by atoms with Crippen LogP contribution in [0.1, 0.15) is 0 Å². The van der Waals surface area contributed by atoms with Crippen LogP contribution < -0.4 is 0 Å². The van der Waals surface area contributed by atoms with Crippen molar-refractivity contribution in [3.8, 4) is 28.5 Å². The van der Waals surface area contributed by atoms with Gasteiger partial charge in [0.15, 0.2) is 5.82 Å². The molecule has 4 nitrogen and oxygen atoms in total. The molecule has 0 atom stereocenters. The number of hydrogen-bond acceptors (Lipinski definition) is 4. The molecule has 10 aromatic rings. The zero-order valence-corrected chi connectivity index (χ0v) is 24.8. The molecule has 0 spiro atoms. The zero-order valence-electron chi connectivity index (χ0n) is 23.9. The highest BCUT2D eigenvalue weighted by Crippen LogP contribution is 2.43. The number of benzene rings is 6. The Morgan fingerprint density at radius 3 is 2.16 bits per heavy atom. The van der Waals surface area contributed by atoms with Gasteiger partial charge in [0.2, 0.25) is 0 Å². The fourth-order valence-electron chi connectivity index (χ4n) is 6.78. The summed E-state index contributed by atoms with van der Waals surface area (Å²) in [6, 6.07) is 48.7. The fraction of sp³-hybridized carbons (Fsp3) is 0. The van der Waals surface area contributed by atoms with Crippen molar-refractivity contribution in [2.75, 3.05) is 0 Å². The van der Waals surface area contributed by atoms with E-state index in [9.17, 15) is 0 Å². The molecule has 0 radical (unpaired) electrons. The number of aromatic nitrogens is 3. The maximum absolute atomic E-state index is 6.25. The van der Waals surface area contributed by atoms with Gasteiger partial charge in [-0.25, -0.2) is 9.97 Å². The van der Waals surface area contributed by atoms with Crippen LogP contribution in [0.25, 0.3) is 92.4 Å². The molecular formula is C40H23N3OS. The summed E-state index contributed by atoms with van der Waals surface area (Å²) in [6.45, 7) is 0. The van der Waals surface area contributed by atoms with Gasteiger partial charge >= 0.3 is 0 Å². The quantitative estimate of drug-likeness (QED) is 0.205. The molecule has 0 aliphatic heterocycles. The van der Waals surface area contributed by atoms with Crippen LogP contribution in [0.3, 0.4) is 0 Å². The minimum atomic E-state index is 0.655. The van der Waals surface area contributed by atoms with E-state index in [0.717, 1.165) is 55.6 Å². The van der Waals surface area contributed by atoms with Gasteiger partial charge in [-0.15, -0.1) is 11.3 Å².